The van der Waals surface area contributed by atoms with Gasteiger partial charge in [-0.3, -0.25) is 0 Å². The van der Waals surface area contributed by atoms with Crippen LogP contribution in [0.1, 0.15) is 37.2 Å². The Kier molecular flexibility index (Phi) is 2.02. The quantitative estimate of drug-likeness (QED) is 0.592. The Balaban J connectivity index is 2.29. The SMILES string of the molecule is O=c1oc2c(o1)CCCCC[CH]2. The molecule has 0 aliphatic heterocycles. The number of fused-ring (bicyclic) bond motifs is 1. The van der Waals surface area contributed by atoms with Crippen LogP contribution in [0.5, 0.6) is 0 Å². The first kappa shape index (κ1) is 7.65. The van der Waals surface area contributed by atoms with E-state index in [0.717, 1.165) is 25.0 Å². The molecule has 2 rings (SSSR count). The van der Waals surface area contributed by atoms with Gasteiger partial charge in [0.25, 0.3) is 0 Å². The van der Waals surface area contributed by atoms with E-state index in [-0.39, 0.29) is 0 Å². The van der Waals surface area contributed by atoms with E-state index < -0.39 is 5.82 Å². The molecule has 1 heterocycles. The van der Waals surface area contributed by atoms with Crippen molar-refractivity contribution < 1.29 is 8.83 Å². The van der Waals surface area contributed by atoms with E-state index in [9.17, 15) is 4.79 Å². The molecule has 1 aliphatic rings. The normalized spacial score (nSPS) is 18.0. The molecule has 0 spiro atoms. The van der Waals surface area contributed by atoms with E-state index in [1.165, 1.54) is 12.8 Å². The van der Waals surface area contributed by atoms with Gasteiger partial charge in [0.1, 0.15) is 5.76 Å². The highest BCUT2D eigenvalue weighted by Crippen LogP contribution is 2.19. The molecule has 0 saturated carbocycles. The Bertz CT molecular complexity index is 279. The van der Waals surface area contributed by atoms with E-state index in [0.29, 0.717) is 5.76 Å². The summed E-state index contributed by atoms with van der Waals surface area (Å²) in [6.07, 6.45) is 7.22. The largest absolute Gasteiger partial charge is 0.519 e. The molecule has 3 nitrogen and oxygen atoms in total. The monoisotopic (exact) mass is 167 g/mol. The van der Waals surface area contributed by atoms with E-state index >= 15 is 0 Å². The number of hydrogen-bond acceptors (Lipinski definition) is 3. The van der Waals surface area contributed by atoms with Gasteiger partial charge >= 0.3 is 5.82 Å². The number of hydrogen-bond donors (Lipinski definition) is 0. The summed E-state index contributed by atoms with van der Waals surface area (Å²) in [4.78, 5) is 10.7. The van der Waals surface area contributed by atoms with Crippen molar-refractivity contribution >= 4 is 0 Å². The van der Waals surface area contributed by atoms with E-state index in [1.54, 1.807) is 0 Å². The molecule has 3 heteroatoms. The Hall–Kier alpha value is -0.990. The zero-order chi connectivity index (χ0) is 8.39. The first-order chi connectivity index (χ1) is 5.86. The fourth-order valence-corrected chi connectivity index (χ4v) is 1.49. The summed E-state index contributed by atoms with van der Waals surface area (Å²) in [5.41, 5.74) is 0. The summed E-state index contributed by atoms with van der Waals surface area (Å²) in [5, 5.41) is 0. The van der Waals surface area contributed by atoms with Gasteiger partial charge in [0.2, 0.25) is 0 Å². The van der Waals surface area contributed by atoms with Crippen LogP contribution in [0.2, 0.25) is 0 Å². The van der Waals surface area contributed by atoms with Gasteiger partial charge in [-0.15, -0.1) is 0 Å². The van der Waals surface area contributed by atoms with Gasteiger partial charge in [-0.25, -0.2) is 4.79 Å². The number of rotatable bonds is 0. The molecule has 65 valence electrons. The first-order valence-corrected chi connectivity index (χ1v) is 4.32. The Morgan fingerprint density at radius 1 is 1.17 bits per heavy atom. The maximum Gasteiger partial charge on any atom is 0.519 e. The average Bonchev–Trinajstić information content (AvgIpc) is 2.32. The lowest BCUT2D eigenvalue weighted by Crippen LogP contribution is -1.93. The Morgan fingerprint density at radius 2 is 2.08 bits per heavy atom. The third kappa shape index (κ3) is 1.44. The predicted molar refractivity (Wildman–Crippen MR) is 42.8 cm³/mol. The van der Waals surface area contributed by atoms with E-state index in [1.807, 2.05) is 6.42 Å². The highest BCUT2D eigenvalue weighted by Gasteiger charge is 2.14. The lowest BCUT2D eigenvalue weighted by Gasteiger charge is -2.04. The van der Waals surface area contributed by atoms with Gasteiger partial charge in [0.05, 0.1) is 0 Å². The van der Waals surface area contributed by atoms with Gasteiger partial charge in [-0.2, -0.15) is 0 Å². The highest BCUT2D eigenvalue weighted by atomic mass is 16.6. The fourth-order valence-electron chi connectivity index (χ4n) is 1.49. The van der Waals surface area contributed by atoms with Crippen LogP contribution in [-0.2, 0) is 6.42 Å². The van der Waals surface area contributed by atoms with Crippen LogP contribution in [0.4, 0.5) is 0 Å². The molecule has 1 radical (unpaired) electrons. The molecule has 1 aromatic rings. The summed E-state index contributed by atoms with van der Waals surface area (Å²) < 4.78 is 9.75. The molecule has 1 aromatic heterocycles. The van der Waals surface area contributed by atoms with Gasteiger partial charge in [0.15, 0.2) is 5.76 Å². The van der Waals surface area contributed by atoms with Gasteiger partial charge in [0, 0.05) is 12.8 Å². The first-order valence-electron chi connectivity index (χ1n) is 4.32. The van der Waals surface area contributed by atoms with Crippen LogP contribution in [0.3, 0.4) is 0 Å². The lowest BCUT2D eigenvalue weighted by atomic mass is 10.0. The standard InChI is InChI=1S/C9H11O3/c10-9-11-7-5-3-1-2-4-6-8(7)12-9/h5H,1-4,6H2. The molecule has 0 aromatic carbocycles. The minimum Gasteiger partial charge on any atom is -0.396 e. The zero-order valence-electron chi connectivity index (χ0n) is 6.84. The van der Waals surface area contributed by atoms with Gasteiger partial charge in [-0.05, 0) is 12.8 Å². The molecule has 0 atom stereocenters. The second-order valence-electron chi connectivity index (χ2n) is 3.05. The Morgan fingerprint density at radius 3 is 3.00 bits per heavy atom. The summed E-state index contributed by atoms with van der Waals surface area (Å²) in [5.74, 6) is 0.803. The molecule has 0 amide bonds. The van der Waals surface area contributed by atoms with Crippen molar-refractivity contribution in [2.75, 3.05) is 0 Å². The van der Waals surface area contributed by atoms with Crippen LogP contribution < -0.4 is 5.82 Å². The van der Waals surface area contributed by atoms with Crippen LogP contribution in [0.15, 0.2) is 13.6 Å². The van der Waals surface area contributed by atoms with Crippen LogP contribution >= 0.6 is 0 Å². The number of aryl methyl sites for hydroxylation is 1. The van der Waals surface area contributed by atoms with E-state index in [2.05, 4.69) is 0 Å². The summed E-state index contributed by atoms with van der Waals surface area (Å²) in [7, 11) is 0. The summed E-state index contributed by atoms with van der Waals surface area (Å²) in [6.45, 7) is 0. The van der Waals surface area contributed by atoms with Crippen molar-refractivity contribution in [3.8, 4) is 0 Å². The summed E-state index contributed by atoms with van der Waals surface area (Å²) >= 11 is 0. The fraction of sp³-hybridized carbons (Fsp3) is 0.556. The second-order valence-corrected chi connectivity index (χ2v) is 3.05. The Labute approximate surface area is 70.4 Å². The maximum absolute atomic E-state index is 10.7. The second kappa shape index (κ2) is 3.17. The minimum absolute atomic E-state index is 0.571. The van der Waals surface area contributed by atoms with Crippen LogP contribution in [0, 0.1) is 6.42 Å². The minimum atomic E-state index is -0.571. The van der Waals surface area contributed by atoms with Crippen molar-refractivity contribution in [2.24, 2.45) is 0 Å². The van der Waals surface area contributed by atoms with Crippen molar-refractivity contribution in [2.45, 2.75) is 32.1 Å². The molecule has 0 saturated heterocycles. The highest BCUT2D eigenvalue weighted by molar-refractivity contribution is 5.13. The van der Waals surface area contributed by atoms with Crippen LogP contribution in [0.25, 0.3) is 0 Å². The topological polar surface area (TPSA) is 43.4 Å². The van der Waals surface area contributed by atoms with Gasteiger partial charge in [-0.1, -0.05) is 12.8 Å². The molecular formula is C9H11O3. The third-order valence-corrected chi connectivity index (χ3v) is 2.11. The smallest absolute Gasteiger partial charge is 0.396 e. The molecule has 1 aliphatic carbocycles. The zero-order valence-corrected chi connectivity index (χ0v) is 6.84. The van der Waals surface area contributed by atoms with Gasteiger partial charge < -0.3 is 8.83 Å². The van der Waals surface area contributed by atoms with Crippen LogP contribution in [-0.4, -0.2) is 0 Å². The molecule has 12 heavy (non-hydrogen) atoms. The maximum atomic E-state index is 10.7. The van der Waals surface area contributed by atoms with E-state index in [4.69, 9.17) is 8.83 Å². The molecular weight excluding hydrogens is 156 g/mol. The lowest BCUT2D eigenvalue weighted by molar-refractivity contribution is 0.369. The molecule has 0 N–H and O–H groups in total. The summed E-state index contributed by atoms with van der Waals surface area (Å²) in [6, 6.07) is 0. The van der Waals surface area contributed by atoms with Crippen molar-refractivity contribution in [3.05, 3.63) is 28.6 Å². The molecule has 0 fully saturated rings. The molecule has 0 bridgehead atoms. The van der Waals surface area contributed by atoms with Crippen molar-refractivity contribution in [1.82, 2.24) is 0 Å². The van der Waals surface area contributed by atoms with Crippen molar-refractivity contribution in [3.63, 3.8) is 0 Å². The van der Waals surface area contributed by atoms with Crippen molar-refractivity contribution in [1.29, 1.82) is 0 Å². The predicted octanol–water partition coefficient (Wildman–Crippen LogP) is 1.90. The molecule has 0 unspecified atom stereocenters. The third-order valence-electron chi connectivity index (χ3n) is 2.11. The average molecular weight is 167 g/mol.